The standard InChI is InChI=1S/C23H13ClFNO4/c24-19-20(22(28)18-7-2-1-6-17(18)21(19)27)26-15-4-3-5-16(12-15)30-23(29)13-8-10-14(25)11-9-13/h1-12,26H. The minimum atomic E-state index is -0.665. The molecule has 0 saturated carbocycles. The fourth-order valence-electron chi connectivity index (χ4n) is 2.99. The van der Waals surface area contributed by atoms with Crippen LogP contribution in [0.2, 0.25) is 0 Å². The third-order valence-corrected chi connectivity index (χ3v) is 4.82. The second kappa shape index (κ2) is 7.93. The molecular weight excluding hydrogens is 409 g/mol. The lowest BCUT2D eigenvalue weighted by molar-refractivity contribution is 0.0734. The molecule has 0 aromatic heterocycles. The van der Waals surface area contributed by atoms with Gasteiger partial charge in [-0.05, 0) is 36.4 Å². The van der Waals surface area contributed by atoms with E-state index in [1.165, 1.54) is 18.2 Å². The number of hydrogen-bond donors (Lipinski definition) is 1. The molecule has 0 heterocycles. The number of rotatable bonds is 4. The summed E-state index contributed by atoms with van der Waals surface area (Å²) in [5.74, 6) is -1.79. The Balaban J connectivity index is 1.57. The number of hydrogen-bond acceptors (Lipinski definition) is 5. The quantitative estimate of drug-likeness (QED) is 0.475. The minimum absolute atomic E-state index is 0.0534. The Morgan fingerprint density at radius 2 is 1.53 bits per heavy atom. The first-order valence-electron chi connectivity index (χ1n) is 8.87. The molecule has 1 N–H and O–H groups in total. The van der Waals surface area contributed by atoms with Crippen LogP contribution >= 0.6 is 11.6 Å². The summed E-state index contributed by atoms with van der Waals surface area (Å²) in [5.41, 5.74) is 1.04. The van der Waals surface area contributed by atoms with E-state index in [0.29, 0.717) is 5.69 Å². The number of ether oxygens (including phenoxy) is 1. The van der Waals surface area contributed by atoms with Gasteiger partial charge in [-0.15, -0.1) is 0 Å². The first kappa shape index (κ1) is 19.5. The van der Waals surface area contributed by atoms with Gasteiger partial charge in [0.05, 0.1) is 5.56 Å². The van der Waals surface area contributed by atoms with Crippen LogP contribution in [-0.4, -0.2) is 17.5 Å². The third kappa shape index (κ3) is 3.73. The summed E-state index contributed by atoms with van der Waals surface area (Å²) in [6.07, 6.45) is 0. The lowest BCUT2D eigenvalue weighted by Crippen LogP contribution is -2.24. The third-order valence-electron chi connectivity index (χ3n) is 4.46. The normalized spacial score (nSPS) is 13.1. The average Bonchev–Trinajstić information content (AvgIpc) is 2.76. The minimum Gasteiger partial charge on any atom is -0.423 e. The molecule has 0 unspecified atom stereocenters. The molecule has 0 atom stereocenters. The molecule has 1 aliphatic carbocycles. The summed E-state index contributed by atoms with van der Waals surface area (Å²) < 4.78 is 18.3. The zero-order chi connectivity index (χ0) is 21.3. The number of nitrogens with one attached hydrogen (secondary N) is 1. The molecule has 1 aliphatic rings. The van der Waals surface area contributed by atoms with E-state index in [1.807, 2.05) is 0 Å². The van der Waals surface area contributed by atoms with Crippen LogP contribution in [0.4, 0.5) is 10.1 Å². The van der Waals surface area contributed by atoms with Crippen LogP contribution in [0.25, 0.3) is 0 Å². The molecule has 0 saturated heterocycles. The summed E-state index contributed by atoms with van der Waals surface area (Å²) >= 11 is 6.15. The number of esters is 1. The zero-order valence-corrected chi connectivity index (χ0v) is 16.1. The molecule has 3 aromatic rings. The van der Waals surface area contributed by atoms with Crippen molar-refractivity contribution < 1.29 is 23.5 Å². The Morgan fingerprint density at radius 1 is 0.867 bits per heavy atom. The van der Waals surface area contributed by atoms with Crippen LogP contribution in [0, 0.1) is 5.82 Å². The summed E-state index contributed by atoms with van der Waals surface area (Å²) in [6, 6.07) is 17.6. The molecular formula is C23H13ClFNO4. The van der Waals surface area contributed by atoms with Crippen molar-refractivity contribution in [3.8, 4) is 5.75 Å². The molecule has 0 fully saturated rings. The number of anilines is 1. The van der Waals surface area contributed by atoms with Gasteiger partial charge in [-0.2, -0.15) is 0 Å². The zero-order valence-electron chi connectivity index (χ0n) is 15.3. The van der Waals surface area contributed by atoms with Crippen molar-refractivity contribution in [2.75, 3.05) is 5.32 Å². The van der Waals surface area contributed by atoms with E-state index < -0.39 is 23.4 Å². The van der Waals surface area contributed by atoms with Gasteiger partial charge < -0.3 is 10.1 Å². The van der Waals surface area contributed by atoms with Gasteiger partial charge in [0, 0.05) is 22.9 Å². The van der Waals surface area contributed by atoms with Gasteiger partial charge in [0.1, 0.15) is 22.3 Å². The van der Waals surface area contributed by atoms with E-state index in [2.05, 4.69) is 5.32 Å². The van der Waals surface area contributed by atoms with E-state index >= 15 is 0 Å². The summed E-state index contributed by atoms with van der Waals surface area (Å²) in [4.78, 5) is 37.5. The van der Waals surface area contributed by atoms with Crippen molar-refractivity contribution in [2.24, 2.45) is 0 Å². The topological polar surface area (TPSA) is 72.5 Å². The lowest BCUT2D eigenvalue weighted by atomic mass is 9.92. The lowest BCUT2D eigenvalue weighted by Gasteiger charge is -2.19. The maximum atomic E-state index is 13.0. The van der Waals surface area contributed by atoms with Crippen LogP contribution in [0.3, 0.4) is 0 Å². The summed E-state index contributed by atoms with van der Waals surface area (Å²) in [6.45, 7) is 0. The van der Waals surface area contributed by atoms with Crippen molar-refractivity contribution in [2.45, 2.75) is 0 Å². The number of benzene rings is 3. The fourth-order valence-corrected chi connectivity index (χ4v) is 3.23. The maximum absolute atomic E-state index is 13.0. The number of ketones is 2. The molecule has 7 heteroatoms. The largest absolute Gasteiger partial charge is 0.423 e. The van der Waals surface area contributed by atoms with E-state index in [1.54, 1.807) is 42.5 Å². The van der Waals surface area contributed by atoms with Crippen molar-refractivity contribution >= 4 is 34.8 Å². The molecule has 0 spiro atoms. The van der Waals surface area contributed by atoms with Gasteiger partial charge in [0.25, 0.3) is 0 Å². The number of allylic oxidation sites excluding steroid dienone is 2. The predicted octanol–water partition coefficient (Wildman–Crippen LogP) is 4.99. The van der Waals surface area contributed by atoms with Gasteiger partial charge in [0.15, 0.2) is 0 Å². The van der Waals surface area contributed by atoms with Gasteiger partial charge in [0.2, 0.25) is 11.6 Å². The van der Waals surface area contributed by atoms with Gasteiger partial charge in [-0.1, -0.05) is 41.9 Å². The molecule has 0 aliphatic heterocycles. The van der Waals surface area contributed by atoms with Crippen molar-refractivity contribution in [1.29, 1.82) is 0 Å². The van der Waals surface area contributed by atoms with Crippen molar-refractivity contribution in [1.82, 2.24) is 0 Å². The van der Waals surface area contributed by atoms with Crippen LogP contribution in [0.15, 0.2) is 83.5 Å². The second-order valence-electron chi connectivity index (χ2n) is 6.44. The fraction of sp³-hybridized carbons (Fsp3) is 0. The molecule has 0 bridgehead atoms. The van der Waals surface area contributed by atoms with E-state index in [4.69, 9.17) is 16.3 Å². The van der Waals surface area contributed by atoms with E-state index in [9.17, 15) is 18.8 Å². The second-order valence-corrected chi connectivity index (χ2v) is 6.82. The number of carbonyl (C=O) groups is 3. The highest BCUT2D eigenvalue weighted by Gasteiger charge is 2.31. The first-order valence-corrected chi connectivity index (χ1v) is 9.25. The van der Waals surface area contributed by atoms with Crippen LogP contribution < -0.4 is 10.1 Å². The van der Waals surface area contributed by atoms with E-state index in [-0.39, 0.29) is 33.2 Å². The number of Topliss-reactive ketones (excluding diaryl/α,β-unsaturated/α-hetero) is 2. The molecule has 30 heavy (non-hydrogen) atoms. The monoisotopic (exact) mass is 421 g/mol. The van der Waals surface area contributed by atoms with Crippen molar-refractivity contribution in [3.63, 3.8) is 0 Å². The van der Waals surface area contributed by atoms with Gasteiger partial charge in [-0.25, -0.2) is 9.18 Å². The smallest absolute Gasteiger partial charge is 0.343 e. The highest BCUT2D eigenvalue weighted by molar-refractivity contribution is 6.50. The Kier molecular flexibility index (Phi) is 5.16. The van der Waals surface area contributed by atoms with Gasteiger partial charge in [-0.3, -0.25) is 9.59 Å². The maximum Gasteiger partial charge on any atom is 0.343 e. The average molecular weight is 422 g/mol. The Morgan fingerprint density at radius 3 is 2.23 bits per heavy atom. The number of carbonyl (C=O) groups excluding carboxylic acids is 3. The summed E-state index contributed by atoms with van der Waals surface area (Å²) in [7, 11) is 0. The highest BCUT2D eigenvalue weighted by atomic mass is 35.5. The number of fused-ring (bicyclic) bond motifs is 1. The molecule has 0 radical (unpaired) electrons. The first-order chi connectivity index (χ1) is 14.4. The summed E-state index contributed by atoms with van der Waals surface area (Å²) in [5, 5.41) is 2.63. The Hall–Kier alpha value is -3.77. The Labute approximate surface area is 175 Å². The SMILES string of the molecule is O=C(Oc1cccc(NC2=C(Cl)C(=O)c3ccccc3C2=O)c1)c1ccc(F)cc1. The van der Waals surface area contributed by atoms with Crippen molar-refractivity contribution in [3.05, 3.63) is 106 Å². The van der Waals surface area contributed by atoms with Crippen LogP contribution in [0.1, 0.15) is 31.1 Å². The van der Waals surface area contributed by atoms with E-state index in [0.717, 1.165) is 12.1 Å². The molecule has 4 rings (SSSR count). The molecule has 148 valence electrons. The van der Waals surface area contributed by atoms with Crippen LogP contribution in [-0.2, 0) is 0 Å². The Bertz CT molecular complexity index is 1220. The molecule has 5 nitrogen and oxygen atoms in total. The molecule has 3 aromatic carbocycles. The van der Waals surface area contributed by atoms with Gasteiger partial charge >= 0.3 is 5.97 Å². The number of halogens is 2. The highest BCUT2D eigenvalue weighted by Crippen LogP contribution is 2.30. The molecule has 0 amide bonds. The van der Waals surface area contributed by atoms with Crippen LogP contribution in [0.5, 0.6) is 5.75 Å². The predicted molar refractivity (Wildman–Crippen MR) is 109 cm³/mol.